The van der Waals surface area contributed by atoms with E-state index in [1.807, 2.05) is 6.92 Å². The van der Waals surface area contributed by atoms with Crippen molar-refractivity contribution >= 4 is 5.91 Å². The summed E-state index contributed by atoms with van der Waals surface area (Å²) in [5, 5.41) is 9.55. The average Bonchev–Trinajstić information content (AvgIpc) is 2.10. The van der Waals surface area contributed by atoms with Crippen LogP contribution in [0.3, 0.4) is 0 Å². The summed E-state index contributed by atoms with van der Waals surface area (Å²) < 4.78 is 0. The Morgan fingerprint density at radius 2 is 2.46 bits per heavy atom. The first-order valence-electron chi connectivity index (χ1n) is 4.72. The standard InChI is InChI=1S/C10H17NO2/c1-3-4-10(13)11-6-5-8(2)9(12)7-11/h3,8-9,12H,1,4-7H2,2H3. The Balaban J connectivity index is 2.45. The molecule has 0 radical (unpaired) electrons. The maximum Gasteiger partial charge on any atom is 0.226 e. The van der Waals surface area contributed by atoms with Gasteiger partial charge in [0.25, 0.3) is 0 Å². The van der Waals surface area contributed by atoms with Crippen LogP contribution < -0.4 is 0 Å². The third kappa shape index (κ3) is 2.56. The van der Waals surface area contributed by atoms with Crippen LogP contribution in [0.15, 0.2) is 12.7 Å². The van der Waals surface area contributed by atoms with E-state index in [2.05, 4.69) is 6.58 Å². The van der Waals surface area contributed by atoms with E-state index < -0.39 is 0 Å². The van der Waals surface area contributed by atoms with Gasteiger partial charge >= 0.3 is 0 Å². The Bertz CT molecular complexity index is 203. The van der Waals surface area contributed by atoms with Gasteiger partial charge in [0.1, 0.15) is 0 Å². The number of piperidine rings is 1. The van der Waals surface area contributed by atoms with Gasteiger partial charge < -0.3 is 10.0 Å². The molecule has 0 aromatic carbocycles. The third-order valence-electron chi connectivity index (χ3n) is 2.59. The Kier molecular flexibility index (Phi) is 3.48. The lowest BCUT2D eigenvalue weighted by Gasteiger charge is -2.34. The fourth-order valence-corrected chi connectivity index (χ4v) is 1.53. The molecule has 1 heterocycles. The van der Waals surface area contributed by atoms with E-state index in [1.54, 1.807) is 11.0 Å². The molecule has 1 amide bonds. The third-order valence-corrected chi connectivity index (χ3v) is 2.59. The van der Waals surface area contributed by atoms with Crippen molar-refractivity contribution in [2.24, 2.45) is 5.92 Å². The normalized spacial score (nSPS) is 28.6. The van der Waals surface area contributed by atoms with Gasteiger partial charge in [0.2, 0.25) is 5.91 Å². The Morgan fingerprint density at radius 1 is 1.77 bits per heavy atom. The average molecular weight is 183 g/mol. The summed E-state index contributed by atoms with van der Waals surface area (Å²) in [5.41, 5.74) is 0. The van der Waals surface area contributed by atoms with Crippen molar-refractivity contribution in [2.45, 2.75) is 25.9 Å². The zero-order valence-corrected chi connectivity index (χ0v) is 8.07. The van der Waals surface area contributed by atoms with E-state index in [1.165, 1.54) is 0 Å². The molecule has 3 heteroatoms. The largest absolute Gasteiger partial charge is 0.391 e. The molecular formula is C10H17NO2. The number of carbonyl (C=O) groups is 1. The number of carbonyl (C=O) groups excluding carboxylic acids is 1. The molecule has 3 nitrogen and oxygen atoms in total. The van der Waals surface area contributed by atoms with Gasteiger partial charge in [0.15, 0.2) is 0 Å². The molecule has 1 aliphatic heterocycles. The Hall–Kier alpha value is -0.830. The first kappa shape index (κ1) is 10.3. The zero-order chi connectivity index (χ0) is 9.84. The fourth-order valence-electron chi connectivity index (χ4n) is 1.53. The van der Waals surface area contributed by atoms with Gasteiger partial charge in [-0.2, -0.15) is 0 Å². The molecule has 2 unspecified atom stereocenters. The maximum absolute atomic E-state index is 11.4. The number of hydrogen-bond donors (Lipinski definition) is 1. The monoisotopic (exact) mass is 183 g/mol. The minimum absolute atomic E-state index is 0.0703. The summed E-state index contributed by atoms with van der Waals surface area (Å²) in [6, 6.07) is 0. The molecule has 2 atom stereocenters. The number of aliphatic hydroxyl groups is 1. The number of likely N-dealkylation sites (tertiary alicyclic amines) is 1. The van der Waals surface area contributed by atoms with E-state index in [4.69, 9.17) is 0 Å². The Labute approximate surface area is 79.0 Å². The highest BCUT2D eigenvalue weighted by Crippen LogP contribution is 2.17. The number of rotatable bonds is 2. The second kappa shape index (κ2) is 4.42. The molecule has 1 aliphatic rings. The van der Waals surface area contributed by atoms with Crippen LogP contribution in [-0.4, -0.2) is 35.1 Å². The van der Waals surface area contributed by atoms with Gasteiger partial charge in [-0.15, -0.1) is 6.58 Å². The molecule has 1 saturated heterocycles. The van der Waals surface area contributed by atoms with Gasteiger partial charge in [-0.1, -0.05) is 13.0 Å². The lowest BCUT2D eigenvalue weighted by atomic mass is 9.96. The maximum atomic E-state index is 11.4. The second-order valence-electron chi connectivity index (χ2n) is 3.67. The summed E-state index contributed by atoms with van der Waals surface area (Å²) in [7, 11) is 0. The Morgan fingerprint density at radius 3 is 3.00 bits per heavy atom. The van der Waals surface area contributed by atoms with E-state index in [9.17, 15) is 9.90 Å². The summed E-state index contributed by atoms with van der Waals surface area (Å²) in [5.74, 6) is 0.383. The van der Waals surface area contributed by atoms with Crippen LogP contribution in [0.25, 0.3) is 0 Å². The number of hydrogen-bond acceptors (Lipinski definition) is 2. The molecule has 0 spiro atoms. The second-order valence-corrected chi connectivity index (χ2v) is 3.67. The van der Waals surface area contributed by atoms with Crippen LogP contribution in [0.1, 0.15) is 19.8 Å². The first-order chi connectivity index (χ1) is 6.15. The highest BCUT2D eigenvalue weighted by Gasteiger charge is 2.26. The van der Waals surface area contributed by atoms with E-state index in [-0.39, 0.29) is 12.0 Å². The van der Waals surface area contributed by atoms with Crippen LogP contribution in [-0.2, 0) is 4.79 Å². The van der Waals surface area contributed by atoms with E-state index in [0.717, 1.165) is 13.0 Å². The van der Waals surface area contributed by atoms with Crippen molar-refractivity contribution < 1.29 is 9.90 Å². The molecular weight excluding hydrogens is 166 g/mol. The number of β-amino-alcohol motifs (C(OH)–C–C–N with tert-alkyl or cyclic N) is 1. The number of aliphatic hydroxyl groups excluding tert-OH is 1. The highest BCUT2D eigenvalue weighted by molar-refractivity contribution is 5.77. The summed E-state index contributed by atoms with van der Waals surface area (Å²) in [6.45, 7) is 6.78. The van der Waals surface area contributed by atoms with Crippen LogP contribution in [0, 0.1) is 5.92 Å². The van der Waals surface area contributed by atoms with Crippen molar-refractivity contribution in [3.05, 3.63) is 12.7 Å². The zero-order valence-electron chi connectivity index (χ0n) is 8.07. The highest BCUT2D eigenvalue weighted by atomic mass is 16.3. The smallest absolute Gasteiger partial charge is 0.226 e. The predicted molar refractivity (Wildman–Crippen MR) is 51.2 cm³/mol. The molecule has 0 bridgehead atoms. The minimum Gasteiger partial charge on any atom is -0.391 e. The lowest BCUT2D eigenvalue weighted by Crippen LogP contribution is -2.45. The molecule has 1 rings (SSSR count). The molecule has 1 N–H and O–H groups in total. The summed E-state index contributed by atoms with van der Waals surface area (Å²) in [6.07, 6.45) is 2.51. The fraction of sp³-hybridized carbons (Fsp3) is 0.700. The SMILES string of the molecule is C=CCC(=O)N1CCC(C)C(O)C1. The van der Waals surface area contributed by atoms with E-state index >= 15 is 0 Å². The van der Waals surface area contributed by atoms with Crippen LogP contribution in [0.5, 0.6) is 0 Å². The van der Waals surface area contributed by atoms with Gasteiger partial charge in [-0.25, -0.2) is 0 Å². The summed E-state index contributed by atoms with van der Waals surface area (Å²) in [4.78, 5) is 13.1. The topological polar surface area (TPSA) is 40.5 Å². The minimum atomic E-state index is -0.359. The molecule has 0 saturated carbocycles. The first-order valence-corrected chi connectivity index (χ1v) is 4.72. The van der Waals surface area contributed by atoms with Crippen LogP contribution in [0.2, 0.25) is 0 Å². The lowest BCUT2D eigenvalue weighted by molar-refractivity contribution is -0.134. The van der Waals surface area contributed by atoms with Crippen molar-refractivity contribution in [3.8, 4) is 0 Å². The van der Waals surface area contributed by atoms with Crippen molar-refractivity contribution in [3.63, 3.8) is 0 Å². The quantitative estimate of drug-likeness (QED) is 0.643. The van der Waals surface area contributed by atoms with E-state index in [0.29, 0.717) is 18.9 Å². The van der Waals surface area contributed by atoms with Gasteiger partial charge in [0, 0.05) is 19.5 Å². The van der Waals surface area contributed by atoms with Crippen molar-refractivity contribution in [2.75, 3.05) is 13.1 Å². The molecule has 74 valence electrons. The molecule has 0 aromatic rings. The van der Waals surface area contributed by atoms with Crippen molar-refractivity contribution in [1.29, 1.82) is 0 Å². The molecule has 0 aliphatic carbocycles. The van der Waals surface area contributed by atoms with Gasteiger partial charge in [-0.3, -0.25) is 4.79 Å². The predicted octanol–water partition coefficient (Wildman–Crippen LogP) is 0.792. The molecule has 13 heavy (non-hydrogen) atoms. The number of nitrogens with zero attached hydrogens (tertiary/aromatic N) is 1. The van der Waals surface area contributed by atoms with Crippen molar-refractivity contribution in [1.82, 2.24) is 4.90 Å². The van der Waals surface area contributed by atoms with Crippen LogP contribution >= 0.6 is 0 Å². The number of amides is 1. The van der Waals surface area contributed by atoms with Gasteiger partial charge in [-0.05, 0) is 12.3 Å². The molecule has 1 fully saturated rings. The molecule has 0 aromatic heterocycles. The van der Waals surface area contributed by atoms with Crippen LogP contribution in [0.4, 0.5) is 0 Å². The van der Waals surface area contributed by atoms with Gasteiger partial charge in [0.05, 0.1) is 6.10 Å². The summed E-state index contributed by atoms with van der Waals surface area (Å²) >= 11 is 0.